The summed E-state index contributed by atoms with van der Waals surface area (Å²) in [4.78, 5) is 1.36. The van der Waals surface area contributed by atoms with Gasteiger partial charge in [0.15, 0.2) is 0 Å². The summed E-state index contributed by atoms with van der Waals surface area (Å²) < 4.78 is 5.47. The van der Waals surface area contributed by atoms with Gasteiger partial charge in [-0.1, -0.05) is 25.0 Å². The summed E-state index contributed by atoms with van der Waals surface area (Å²) in [5, 5.41) is 4.36. The molecule has 1 N–H and O–H groups in total. The number of thioether (sulfide) groups is 1. The Labute approximate surface area is 125 Å². The molecule has 3 heteroatoms. The van der Waals surface area contributed by atoms with Gasteiger partial charge in [-0.15, -0.1) is 11.8 Å². The van der Waals surface area contributed by atoms with E-state index >= 15 is 0 Å². The summed E-state index contributed by atoms with van der Waals surface area (Å²) in [5.41, 5.74) is 1.22. The predicted octanol–water partition coefficient (Wildman–Crippen LogP) is 5.49. The van der Waals surface area contributed by atoms with E-state index in [9.17, 15) is 0 Å². The average Bonchev–Trinajstić information content (AvgIpc) is 3.13. The van der Waals surface area contributed by atoms with Gasteiger partial charge in [-0.3, -0.25) is 0 Å². The van der Waals surface area contributed by atoms with Gasteiger partial charge >= 0.3 is 0 Å². The molecule has 1 fully saturated rings. The Morgan fingerprint density at radius 3 is 2.70 bits per heavy atom. The SMILES string of the molecule is CC(Nc1ccccc1SC1CCCC1)c1ccco1. The van der Waals surface area contributed by atoms with Crippen molar-refractivity contribution in [3.63, 3.8) is 0 Å². The molecule has 1 aromatic carbocycles. The molecule has 0 spiro atoms. The Morgan fingerprint density at radius 2 is 1.95 bits per heavy atom. The van der Waals surface area contributed by atoms with Crippen molar-refractivity contribution in [3.8, 4) is 0 Å². The van der Waals surface area contributed by atoms with Crippen LogP contribution in [0.5, 0.6) is 0 Å². The molecule has 0 saturated heterocycles. The molecule has 1 saturated carbocycles. The number of hydrogen-bond acceptors (Lipinski definition) is 3. The molecule has 2 nitrogen and oxygen atoms in total. The molecular formula is C17H21NOS. The highest BCUT2D eigenvalue weighted by Gasteiger charge is 2.18. The van der Waals surface area contributed by atoms with Crippen molar-refractivity contribution in [2.75, 3.05) is 5.32 Å². The van der Waals surface area contributed by atoms with Gasteiger partial charge in [0.2, 0.25) is 0 Å². The fourth-order valence-corrected chi connectivity index (χ4v) is 4.06. The lowest BCUT2D eigenvalue weighted by Crippen LogP contribution is -2.07. The molecule has 3 rings (SSSR count). The zero-order valence-corrected chi connectivity index (χ0v) is 12.7. The Bertz CT molecular complexity index is 532. The van der Waals surface area contributed by atoms with Crippen LogP contribution in [-0.4, -0.2) is 5.25 Å². The number of benzene rings is 1. The van der Waals surface area contributed by atoms with Crippen molar-refractivity contribution in [1.82, 2.24) is 0 Å². The topological polar surface area (TPSA) is 25.2 Å². The number of nitrogens with one attached hydrogen (secondary N) is 1. The molecule has 1 unspecified atom stereocenters. The lowest BCUT2D eigenvalue weighted by molar-refractivity contribution is 0.490. The van der Waals surface area contributed by atoms with Crippen molar-refractivity contribution in [3.05, 3.63) is 48.4 Å². The largest absolute Gasteiger partial charge is 0.467 e. The van der Waals surface area contributed by atoms with E-state index < -0.39 is 0 Å². The molecule has 1 aliphatic rings. The van der Waals surface area contributed by atoms with Crippen molar-refractivity contribution in [2.45, 2.75) is 48.8 Å². The lowest BCUT2D eigenvalue weighted by atomic mass is 10.2. The average molecular weight is 287 g/mol. The van der Waals surface area contributed by atoms with Crippen LogP contribution in [0.1, 0.15) is 44.4 Å². The van der Waals surface area contributed by atoms with E-state index in [1.165, 1.54) is 36.3 Å². The molecule has 1 heterocycles. The molecule has 0 bridgehead atoms. The summed E-state index contributed by atoms with van der Waals surface area (Å²) in [6.45, 7) is 2.13. The van der Waals surface area contributed by atoms with Crippen molar-refractivity contribution in [1.29, 1.82) is 0 Å². The Balaban J connectivity index is 1.72. The smallest absolute Gasteiger partial charge is 0.125 e. The standard InChI is InChI=1S/C17H21NOS/c1-13(16-10-6-12-19-16)18-15-9-4-5-11-17(15)20-14-7-2-3-8-14/h4-6,9-14,18H,2-3,7-8H2,1H3. The maximum atomic E-state index is 5.47. The minimum Gasteiger partial charge on any atom is -0.467 e. The van der Waals surface area contributed by atoms with Crippen molar-refractivity contribution in [2.24, 2.45) is 0 Å². The second-order valence-corrected chi connectivity index (χ2v) is 6.74. The van der Waals surface area contributed by atoms with Crippen LogP contribution in [0.15, 0.2) is 52.0 Å². The highest BCUT2D eigenvalue weighted by Crippen LogP contribution is 2.38. The first kappa shape index (κ1) is 13.6. The van der Waals surface area contributed by atoms with Crippen LogP contribution in [0.3, 0.4) is 0 Å². The third-order valence-corrected chi connectivity index (χ3v) is 5.24. The van der Waals surface area contributed by atoms with Gasteiger partial charge in [0, 0.05) is 15.8 Å². The van der Waals surface area contributed by atoms with Gasteiger partial charge in [-0.25, -0.2) is 0 Å². The summed E-state index contributed by atoms with van der Waals surface area (Å²) in [7, 11) is 0. The van der Waals surface area contributed by atoms with E-state index in [1.807, 2.05) is 23.9 Å². The van der Waals surface area contributed by atoms with Gasteiger partial charge in [0.1, 0.15) is 5.76 Å². The number of rotatable bonds is 5. The minimum atomic E-state index is 0.190. The van der Waals surface area contributed by atoms with Crippen molar-refractivity contribution < 1.29 is 4.42 Å². The molecule has 106 valence electrons. The zero-order chi connectivity index (χ0) is 13.8. The zero-order valence-electron chi connectivity index (χ0n) is 11.8. The second-order valence-electron chi connectivity index (χ2n) is 5.40. The first-order valence-corrected chi connectivity index (χ1v) is 8.26. The third kappa shape index (κ3) is 3.21. The van der Waals surface area contributed by atoms with Crippen LogP contribution in [-0.2, 0) is 0 Å². The van der Waals surface area contributed by atoms with Crippen LogP contribution in [0.2, 0.25) is 0 Å². The molecule has 0 aliphatic heterocycles. The highest BCUT2D eigenvalue weighted by atomic mass is 32.2. The van der Waals surface area contributed by atoms with E-state index in [1.54, 1.807) is 6.26 Å². The fraction of sp³-hybridized carbons (Fsp3) is 0.412. The second kappa shape index (κ2) is 6.40. The Kier molecular flexibility index (Phi) is 4.36. The molecule has 0 radical (unpaired) electrons. The molecule has 1 atom stereocenters. The van der Waals surface area contributed by atoms with Crippen molar-refractivity contribution >= 4 is 17.4 Å². The normalized spacial score (nSPS) is 17.2. The van der Waals surface area contributed by atoms with E-state index in [0.29, 0.717) is 0 Å². The fourth-order valence-electron chi connectivity index (χ4n) is 2.72. The van der Waals surface area contributed by atoms with Crippen LogP contribution in [0, 0.1) is 0 Å². The highest BCUT2D eigenvalue weighted by molar-refractivity contribution is 8.00. The van der Waals surface area contributed by atoms with Gasteiger partial charge in [0.05, 0.1) is 12.3 Å². The first-order chi connectivity index (χ1) is 9.83. The molecule has 0 amide bonds. The molecule has 1 aliphatic carbocycles. The quantitative estimate of drug-likeness (QED) is 0.787. The number of para-hydroxylation sites is 1. The van der Waals surface area contributed by atoms with Gasteiger partial charge in [0.25, 0.3) is 0 Å². The van der Waals surface area contributed by atoms with Gasteiger partial charge < -0.3 is 9.73 Å². The molecular weight excluding hydrogens is 266 g/mol. The minimum absolute atomic E-state index is 0.190. The molecule has 1 aromatic heterocycles. The number of hydrogen-bond donors (Lipinski definition) is 1. The molecule has 2 aromatic rings. The monoisotopic (exact) mass is 287 g/mol. The Morgan fingerprint density at radius 1 is 1.15 bits per heavy atom. The van der Waals surface area contributed by atoms with E-state index in [-0.39, 0.29) is 6.04 Å². The maximum Gasteiger partial charge on any atom is 0.125 e. The summed E-state index contributed by atoms with van der Waals surface area (Å²) in [5.74, 6) is 0.977. The van der Waals surface area contributed by atoms with E-state index in [0.717, 1.165) is 11.0 Å². The van der Waals surface area contributed by atoms with E-state index in [2.05, 4.69) is 36.5 Å². The summed E-state index contributed by atoms with van der Waals surface area (Å²) >= 11 is 2.02. The third-order valence-electron chi connectivity index (χ3n) is 3.82. The Hall–Kier alpha value is -1.35. The number of furan rings is 1. The summed E-state index contributed by atoms with van der Waals surface area (Å²) in [6.07, 6.45) is 7.21. The van der Waals surface area contributed by atoms with Crippen LogP contribution in [0.25, 0.3) is 0 Å². The van der Waals surface area contributed by atoms with Crippen LogP contribution < -0.4 is 5.32 Å². The van der Waals surface area contributed by atoms with Crippen LogP contribution >= 0.6 is 11.8 Å². The van der Waals surface area contributed by atoms with E-state index in [4.69, 9.17) is 4.42 Å². The predicted molar refractivity (Wildman–Crippen MR) is 85.3 cm³/mol. The van der Waals surface area contributed by atoms with Gasteiger partial charge in [-0.2, -0.15) is 0 Å². The molecule has 20 heavy (non-hydrogen) atoms. The maximum absolute atomic E-state index is 5.47. The first-order valence-electron chi connectivity index (χ1n) is 7.38. The van der Waals surface area contributed by atoms with Gasteiger partial charge in [-0.05, 0) is 44.0 Å². The lowest BCUT2D eigenvalue weighted by Gasteiger charge is -2.18. The summed E-state index contributed by atoms with van der Waals surface area (Å²) in [6, 6.07) is 12.7. The van der Waals surface area contributed by atoms with Crippen LogP contribution in [0.4, 0.5) is 5.69 Å². The number of anilines is 1.